The number of benzene rings is 2. The molecule has 2 aromatic carbocycles. The molecular formula is C27H30F2N4O3. The predicted molar refractivity (Wildman–Crippen MR) is 130 cm³/mol. The summed E-state index contributed by atoms with van der Waals surface area (Å²) in [7, 11) is 0. The van der Waals surface area contributed by atoms with Crippen molar-refractivity contribution in [2.24, 2.45) is 5.92 Å². The minimum atomic E-state index is -0.744. The van der Waals surface area contributed by atoms with Gasteiger partial charge in [-0.3, -0.25) is 4.79 Å². The van der Waals surface area contributed by atoms with Gasteiger partial charge in [-0.15, -0.1) is 0 Å². The molecule has 2 fully saturated rings. The Morgan fingerprint density at radius 2 is 1.78 bits per heavy atom. The molecule has 9 heteroatoms. The van der Waals surface area contributed by atoms with Crippen LogP contribution in [-0.4, -0.2) is 68.3 Å². The normalized spacial score (nSPS) is 19.9. The van der Waals surface area contributed by atoms with E-state index in [1.807, 2.05) is 6.07 Å². The van der Waals surface area contributed by atoms with Gasteiger partial charge in [-0.05, 0) is 61.6 Å². The van der Waals surface area contributed by atoms with Gasteiger partial charge in [0.25, 0.3) is 0 Å². The van der Waals surface area contributed by atoms with Crippen molar-refractivity contribution in [3.05, 3.63) is 53.1 Å². The molecule has 36 heavy (non-hydrogen) atoms. The SMILES string of the molecule is N#Cc1cc(F)c(N2CCN(C(=O)CCN3CCCC(Cc4ccc5c(c4)OCO5)C3)CC2)c(F)c1. The van der Waals surface area contributed by atoms with Gasteiger partial charge in [0.2, 0.25) is 12.7 Å². The van der Waals surface area contributed by atoms with Crippen LogP contribution in [0.2, 0.25) is 0 Å². The van der Waals surface area contributed by atoms with Gasteiger partial charge < -0.3 is 24.2 Å². The van der Waals surface area contributed by atoms with Gasteiger partial charge >= 0.3 is 0 Å². The number of carbonyl (C=O) groups excluding carboxylic acids is 1. The average Bonchev–Trinajstić information content (AvgIpc) is 3.35. The van der Waals surface area contributed by atoms with Crippen molar-refractivity contribution < 1.29 is 23.0 Å². The van der Waals surface area contributed by atoms with E-state index in [-0.39, 0.29) is 24.0 Å². The van der Waals surface area contributed by atoms with E-state index in [9.17, 15) is 13.6 Å². The maximum atomic E-state index is 14.4. The highest BCUT2D eigenvalue weighted by Crippen LogP contribution is 2.34. The lowest BCUT2D eigenvalue weighted by atomic mass is 9.91. The Bertz CT molecular complexity index is 1140. The van der Waals surface area contributed by atoms with E-state index in [0.29, 0.717) is 38.5 Å². The predicted octanol–water partition coefficient (Wildman–Crippen LogP) is 3.56. The summed E-state index contributed by atoms with van der Waals surface area (Å²) in [4.78, 5) is 18.6. The van der Waals surface area contributed by atoms with Gasteiger partial charge in [0.1, 0.15) is 5.69 Å². The van der Waals surface area contributed by atoms with Crippen molar-refractivity contribution >= 4 is 11.6 Å². The van der Waals surface area contributed by atoms with Crippen molar-refractivity contribution in [3.8, 4) is 17.6 Å². The Hall–Kier alpha value is -3.38. The van der Waals surface area contributed by atoms with Gasteiger partial charge in [-0.25, -0.2) is 8.78 Å². The number of amides is 1. The first-order chi connectivity index (χ1) is 17.5. The first-order valence-corrected chi connectivity index (χ1v) is 12.5. The standard InChI is InChI=1S/C27H30F2N4O3/c28-22-13-21(16-30)14-23(29)27(22)33-10-8-32(9-11-33)26(34)5-7-31-6-1-2-20(17-31)12-19-3-4-24-25(15-19)36-18-35-24/h3-4,13-15,20H,1-2,5-12,17-18H2. The molecule has 2 aromatic rings. The molecule has 5 rings (SSSR count). The number of anilines is 1. The molecule has 1 amide bonds. The van der Waals surface area contributed by atoms with E-state index < -0.39 is 11.6 Å². The topological polar surface area (TPSA) is 69.0 Å². The van der Waals surface area contributed by atoms with E-state index >= 15 is 0 Å². The first kappa shape index (κ1) is 24.3. The van der Waals surface area contributed by atoms with Crippen LogP contribution >= 0.6 is 0 Å². The van der Waals surface area contributed by atoms with Crippen molar-refractivity contribution in [1.82, 2.24) is 9.80 Å². The molecule has 2 saturated heterocycles. The number of piperazine rings is 1. The maximum Gasteiger partial charge on any atom is 0.231 e. The first-order valence-electron chi connectivity index (χ1n) is 12.5. The van der Waals surface area contributed by atoms with Crippen molar-refractivity contribution in [1.29, 1.82) is 5.26 Å². The van der Waals surface area contributed by atoms with E-state index in [1.54, 1.807) is 15.9 Å². The summed E-state index contributed by atoms with van der Waals surface area (Å²) >= 11 is 0. The fourth-order valence-corrected chi connectivity index (χ4v) is 5.45. The third-order valence-corrected chi connectivity index (χ3v) is 7.30. The second kappa shape index (κ2) is 10.7. The number of hydrogen-bond acceptors (Lipinski definition) is 6. The second-order valence-corrected chi connectivity index (χ2v) is 9.72. The highest BCUT2D eigenvalue weighted by atomic mass is 19.1. The molecular weight excluding hydrogens is 466 g/mol. The number of carbonyl (C=O) groups is 1. The van der Waals surface area contributed by atoms with Gasteiger partial charge in [0.05, 0.1) is 11.6 Å². The van der Waals surface area contributed by atoms with Crippen LogP contribution in [0.5, 0.6) is 11.5 Å². The Morgan fingerprint density at radius 3 is 2.53 bits per heavy atom. The molecule has 190 valence electrons. The van der Waals surface area contributed by atoms with Gasteiger partial charge in [-0.1, -0.05) is 6.07 Å². The lowest BCUT2D eigenvalue weighted by Crippen LogP contribution is -2.50. The van der Waals surface area contributed by atoms with E-state index in [1.165, 1.54) is 12.0 Å². The van der Waals surface area contributed by atoms with E-state index in [2.05, 4.69) is 17.0 Å². The summed E-state index contributed by atoms with van der Waals surface area (Å²) < 4.78 is 39.6. The van der Waals surface area contributed by atoms with Crippen LogP contribution in [0.1, 0.15) is 30.4 Å². The largest absolute Gasteiger partial charge is 0.454 e. The second-order valence-electron chi connectivity index (χ2n) is 9.72. The number of rotatable bonds is 6. The number of ether oxygens (including phenoxy) is 2. The van der Waals surface area contributed by atoms with Gasteiger partial charge in [0, 0.05) is 45.7 Å². The Labute approximate surface area is 209 Å². The molecule has 0 radical (unpaired) electrons. The molecule has 7 nitrogen and oxygen atoms in total. The van der Waals surface area contributed by atoms with Crippen LogP contribution in [0, 0.1) is 28.9 Å². The van der Waals surface area contributed by atoms with Crippen LogP contribution < -0.4 is 14.4 Å². The molecule has 0 N–H and O–H groups in total. The quantitative estimate of drug-likeness (QED) is 0.609. The number of nitriles is 1. The molecule has 1 atom stereocenters. The summed E-state index contributed by atoms with van der Waals surface area (Å²) in [5.41, 5.74) is 1.08. The fourth-order valence-electron chi connectivity index (χ4n) is 5.45. The smallest absolute Gasteiger partial charge is 0.231 e. The lowest BCUT2D eigenvalue weighted by molar-refractivity contribution is -0.131. The summed E-state index contributed by atoms with van der Waals surface area (Å²) in [6.45, 7) is 4.51. The summed E-state index contributed by atoms with van der Waals surface area (Å²) in [5.74, 6) is 0.743. The number of hydrogen-bond donors (Lipinski definition) is 0. The van der Waals surface area contributed by atoms with E-state index in [0.717, 1.165) is 56.1 Å². The Balaban J connectivity index is 1.08. The summed E-state index contributed by atoms with van der Waals surface area (Å²) in [5, 5.41) is 8.89. The zero-order valence-corrected chi connectivity index (χ0v) is 20.2. The molecule has 3 aliphatic rings. The zero-order chi connectivity index (χ0) is 25.1. The minimum absolute atomic E-state index is 0.0431. The Morgan fingerprint density at radius 1 is 1.03 bits per heavy atom. The number of fused-ring (bicyclic) bond motifs is 1. The number of halogens is 2. The minimum Gasteiger partial charge on any atom is -0.454 e. The maximum absolute atomic E-state index is 14.4. The molecule has 1 unspecified atom stereocenters. The van der Waals surface area contributed by atoms with Crippen LogP contribution in [0.25, 0.3) is 0 Å². The molecule has 0 saturated carbocycles. The van der Waals surface area contributed by atoms with Crippen molar-refractivity contribution in [2.45, 2.75) is 25.7 Å². The van der Waals surface area contributed by atoms with Gasteiger partial charge in [-0.2, -0.15) is 5.26 Å². The molecule has 3 heterocycles. The van der Waals surface area contributed by atoms with Crippen LogP contribution in [-0.2, 0) is 11.2 Å². The lowest BCUT2D eigenvalue weighted by Gasteiger charge is -2.37. The molecule has 0 spiro atoms. The van der Waals surface area contributed by atoms with Crippen LogP contribution in [0.4, 0.5) is 14.5 Å². The Kier molecular flexibility index (Phi) is 7.23. The van der Waals surface area contributed by atoms with E-state index in [4.69, 9.17) is 14.7 Å². The van der Waals surface area contributed by atoms with Crippen molar-refractivity contribution in [2.75, 3.05) is 57.5 Å². The fraction of sp³-hybridized carbons (Fsp3) is 0.481. The number of likely N-dealkylation sites (tertiary alicyclic amines) is 1. The summed E-state index contributed by atoms with van der Waals surface area (Å²) in [6, 6.07) is 10.0. The molecule has 3 aliphatic heterocycles. The third-order valence-electron chi connectivity index (χ3n) is 7.30. The third kappa shape index (κ3) is 5.39. The number of piperidine rings is 1. The van der Waals surface area contributed by atoms with Crippen LogP contribution in [0.3, 0.4) is 0 Å². The number of nitrogens with zero attached hydrogens (tertiary/aromatic N) is 4. The highest BCUT2D eigenvalue weighted by molar-refractivity contribution is 5.76. The molecule has 0 aromatic heterocycles. The van der Waals surface area contributed by atoms with Crippen LogP contribution in [0.15, 0.2) is 30.3 Å². The zero-order valence-electron chi connectivity index (χ0n) is 20.2. The van der Waals surface area contributed by atoms with Crippen molar-refractivity contribution in [3.63, 3.8) is 0 Å². The highest BCUT2D eigenvalue weighted by Gasteiger charge is 2.27. The summed E-state index contributed by atoms with van der Waals surface area (Å²) in [6.07, 6.45) is 3.70. The molecule has 0 aliphatic carbocycles. The average molecular weight is 497 g/mol. The van der Waals surface area contributed by atoms with Gasteiger partial charge in [0.15, 0.2) is 23.1 Å². The molecule has 0 bridgehead atoms. The monoisotopic (exact) mass is 496 g/mol.